The molecule has 1 fully saturated rings. The molecular weight excluding hydrogens is 379 g/mol. The number of hydrogen-bond acceptors (Lipinski definition) is 6. The molecule has 3 rings (SSSR count). The third kappa shape index (κ3) is 3.73. The van der Waals surface area contributed by atoms with Gasteiger partial charge in [-0.05, 0) is 18.9 Å². The van der Waals surface area contributed by atoms with Gasteiger partial charge in [-0.3, -0.25) is 4.79 Å². The molecule has 0 spiro atoms. The number of aliphatic hydroxyl groups is 1. The second kappa shape index (κ2) is 7.87. The van der Waals surface area contributed by atoms with Crippen molar-refractivity contribution >= 4 is 17.3 Å². The van der Waals surface area contributed by atoms with Gasteiger partial charge in [-0.15, -0.1) is 0 Å². The molecule has 0 amide bonds. The van der Waals surface area contributed by atoms with Crippen LogP contribution in [0.25, 0.3) is 5.57 Å². The molecule has 2 atom stereocenters. The summed E-state index contributed by atoms with van der Waals surface area (Å²) in [7, 11) is 1.45. The van der Waals surface area contributed by atoms with Gasteiger partial charge in [0.05, 0.1) is 31.1 Å². The van der Waals surface area contributed by atoms with Crippen LogP contribution in [0.5, 0.6) is 0 Å². The minimum absolute atomic E-state index is 0.0785. The van der Waals surface area contributed by atoms with Crippen molar-refractivity contribution in [3.63, 3.8) is 0 Å². The molecule has 1 aromatic heterocycles. The van der Waals surface area contributed by atoms with E-state index < -0.39 is 29.5 Å². The van der Waals surface area contributed by atoms with Gasteiger partial charge in [0.25, 0.3) is 0 Å². The molecule has 28 heavy (non-hydrogen) atoms. The Bertz CT molecular complexity index is 871. The zero-order valence-electron chi connectivity index (χ0n) is 15.0. The maximum absolute atomic E-state index is 13.1. The predicted molar refractivity (Wildman–Crippen MR) is 90.7 cm³/mol. The minimum atomic E-state index is -4.67. The number of fused-ring (bicyclic) bond motifs is 2. The van der Waals surface area contributed by atoms with Gasteiger partial charge in [-0.1, -0.05) is 6.07 Å². The largest absolute Gasteiger partial charge is 0.511 e. The van der Waals surface area contributed by atoms with Gasteiger partial charge in [-0.25, -0.2) is 9.78 Å². The minimum Gasteiger partial charge on any atom is -0.511 e. The van der Waals surface area contributed by atoms with E-state index >= 15 is 0 Å². The second-order valence-electron chi connectivity index (χ2n) is 6.68. The number of aliphatic hydroxyl groups excluding tert-OH is 1. The number of alkyl halides is 3. The van der Waals surface area contributed by atoms with Crippen LogP contribution in [-0.2, 0) is 31.8 Å². The van der Waals surface area contributed by atoms with Crippen molar-refractivity contribution in [1.29, 1.82) is 0 Å². The van der Waals surface area contributed by atoms with Crippen LogP contribution in [0.3, 0.4) is 0 Å². The van der Waals surface area contributed by atoms with E-state index in [-0.39, 0.29) is 48.8 Å². The molecule has 2 unspecified atom stereocenters. The molecule has 150 valence electrons. The smallest absolute Gasteiger partial charge is 0.433 e. The first-order chi connectivity index (χ1) is 13.3. The molecular formula is C19H18F3NO5. The van der Waals surface area contributed by atoms with Gasteiger partial charge in [0.1, 0.15) is 17.4 Å². The van der Waals surface area contributed by atoms with Crippen molar-refractivity contribution in [1.82, 2.24) is 4.98 Å². The summed E-state index contributed by atoms with van der Waals surface area (Å²) in [6, 6.07) is 1.87. The van der Waals surface area contributed by atoms with Crippen molar-refractivity contribution < 1.29 is 37.3 Å². The average molecular weight is 397 g/mol. The number of aromatic nitrogens is 1. The Labute approximate surface area is 158 Å². The number of carbonyl (C=O) groups is 1. The molecule has 0 aromatic carbocycles. The Kier molecular flexibility index (Phi) is 5.69. The number of nitrogens with zero attached hydrogens (tertiary/aromatic N) is 1. The molecule has 0 radical (unpaired) electrons. The summed E-state index contributed by atoms with van der Waals surface area (Å²) < 4.78 is 49.3. The Morgan fingerprint density at radius 1 is 1.32 bits per heavy atom. The number of hydrogen-bond donors (Lipinski definition) is 1. The van der Waals surface area contributed by atoms with E-state index in [2.05, 4.69) is 4.98 Å². The topological polar surface area (TPSA) is 85.7 Å². The van der Waals surface area contributed by atoms with E-state index in [0.29, 0.717) is 12.0 Å². The highest BCUT2D eigenvalue weighted by molar-refractivity contribution is 6.24. The number of Topliss-reactive ketones (excluding diaryl/α,β-unsaturated/α-hetero) is 1. The molecule has 1 saturated carbocycles. The van der Waals surface area contributed by atoms with Gasteiger partial charge >= 0.3 is 6.18 Å². The number of ether oxygens (including phenoxy) is 2. The third-order valence-corrected chi connectivity index (χ3v) is 4.95. The fourth-order valence-corrected chi connectivity index (χ4v) is 3.59. The Balaban J connectivity index is 2.05. The van der Waals surface area contributed by atoms with Gasteiger partial charge in [-0.2, -0.15) is 13.2 Å². The highest BCUT2D eigenvalue weighted by Crippen LogP contribution is 2.48. The predicted octanol–water partition coefficient (Wildman–Crippen LogP) is 2.90. The van der Waals surface area contributed by atoms with E-state index in [0.717, 1.165) is 12.1 Å². The summed E-state index contributed by atoms with van der Waals surface area (Å²) in [4.78, 5) is 27.5. The van der Waals surface area contributed by atoms with Crippen LogP contribution in [0.2, 0.25) is 0 Å². The van der Waals surface area contributed by atoms with Gasteiger partial charge in [0, 0.05) is 30.1 Å². The van der Waals surface area contributed by atoms with E-state index in [1.807, 2.05) is 0 Å². The fourth-order valence-electron chi connectivity index (χ4n) is 3.59. The number of halogens is 3. The van der Waals surface area contributed by atoms with Gasteiger partial charge in [0.15, 0.2) is 5.78 Å². The number of allylic oxidation sites excluding steroid dienone is 2. The van der Waals surface area contributed by atoms with Crippen LogP contribution < -0.4 is 0 Å². The Morgan fingerprint density at radius 3 is 2.71 bits per heavy atom. The summed E-state index contributed by atoms with van der Waals surface area (Å²) in [5, 5.41) is 10.6. The Hall–Kier alpha value is -2.48. The van der Waals surface area contributed by atoms with E-state index in [4.69, 9.17) is 9.47 Å². The summed E-state index contributed by atoms with van der Waals surface area (Å²) in [5.41, 5.74) is -0.961. The van der Waals surface area contributed by atoms with Crippen molar-refractivity contribution in [2.75, 3.05) is 20.3 Å². The first-order valence-corrected chi connectivity index (χ1v) is 8.63. The molecule has 2 bridgehead atoms. The summed E-state index contributed by atoms with van der Waals surface area (Å²) >= 11 is 0. The van der Waals surface area contributed by atoms with Crippen molar-refractivity contribution in [2.24, 2.45) is 11.8 Å². The maximum Gasteiger partial charge on any atom is 0.433 e. The first kappa shape index (κ1) is 20.3. The molecule has 0 aliphatic heterocycles. The van der Waals surface area contributed by atoms with Gasteiger partial charge in [0.2, 0.25) is 0 Å². The zero-order valence-corrected chi connectivity index (χ0v) is 15.0. The number of carbonyl (C=O) groups excluding carboxylic acids is 2. The van der Waals surface area contributed by atoms with Crippen molar-refractivity contribution in [3.8, 4) is 0 Å². The lowest BCUT2D eigenvalue weighted by molar-refractivity contribution is -0.141. The zero-order chi connectivity index (χ0) is 20.5. The molecule has 1 heterocycles. The number of rotatable bonds is 6. The standard InChI is InChI=1S/C19H18F3NO5/c1-27-4-5-28-9-14-12(2-3-15(23-14)19(20,21)22)16-17(25)10-6-11(8-24)13(7-10)18(16)26/h2-3,10,13,26H,4-7,9H2,1H3. The van der Waals surface area contributed by atoms with E-state index in [1.54, 1.807) is 5.94 Å². The number of ketones is 1. The molecule has 1 N–H and O–H groups in total. The average Bonchev–Trinajstić information content (AvgIpc) is 3.05. The fraction of sp³-hybridized carbons (Fsp3) is 0.474. The molecule has 9 heteroatoms. The Morgan fingerprint density at radius 2 is 2.07 bits per heavy atom. The summed E-state index contributed by atoms with van der Waals surface area (Å²) in [6.07, 6.45) is -4.18. The SMILES string of the molecule is COCCOCc1nc(C(F)(F)F)ccc1C1=C(O)C2CC(CC2=C=O)C1=O. The molecule has 0 saturated heterocycles. The van der Waals surface area contributed by atoms with Crippen LogP contribution in [0.1, 0.15) is 29.8 Å². The highest BCUT2D eigenvalue weighted by atomic mass is 19.4. The number of pyridine rings is 1. The molecule has 6 nitrogen and oxygen atoms in total. The van der Waals surface area contributed by atoms with Crippen LogP contribution in [0, 0.1) is 11.8 Å². The van der Waals surface area contributed by atoms with E-state index in [1.165, 1.54) is 7.11 Å². The monoisotopic (exact) mass is 397 g/mol. The van der Waals surface area contributed by atoms with Crippen molar-refractivity contribution in [3.05, 3.63) is 40.4 Å². The van der Waals surface area contributed by atoms with Crippen LogP contribution in [-0.4, -0.2) is 42.1 Å². The van der Waals surface area contributed by atoms with Gasteiger partial charge < -0.3 is 14.6 Å². The molecule has 1 aromatic rings. The molecule has 2 aliphatic carbocycles. The van der Waals surface area contributed by atoms with E-state index in [9.17, 15) is 27.9 Å². The normalized spacial score (nSPS) is 22.0. The summed E-state index contributed by atoms with van der Waals surface area (Å²) in [6.45, 7) is 0.0628. The quantitative estimate of drug-likeness (QED) is 0.587. The summed E-state index contributed by atoms with van der Waals surface area (Å²) in [5.74, 6) is -0.115. The lowest BCUT2D eigenvalue weighted by atomic mass is 9.82. The third-order valence-electron chi connectivity index (χ3n) is 4.95. The van der Waals surface area contributed by atoms with Crippen LogP contribution in [0.4, 0.5) is 13.2 Å². The highest BCUT2D eigenvalue weighted by Gasteiger charge is 2.45. The lowest BCUT2D eigenvalue weighted by Crippen LogP contribution is -2.23. The van der Waals surface area contributed by atoms with Crippen LogP contribution >= 0.6 is 0 Å². The lowest BCUT2D eigenvalue weighted by Gasteiger charge is -2.23. The first-order valence-electron chi connectivity index (χ1n) is 8.63. The van der Waals surface area contributed by atoms with Crippen molar-refractivity contribution in [2.45, 2.75) is 25.6 Å². The second-order valence-corrected chi connectivity index (χ2v) is 6.68. The molecule has 2 aliphatic rings. The van der Waals surface area contributed by atoms with Crippen LogP contribution in [0.15, 0.2) is 23.5 Å². The number of methoxy groups -OCH3 is 1. The maximum atomic E-state index is 13.1.